The molecule has 4 nitrogen and oxygen atoms in total. The maximum atomic E-state index is 13.4. The van der Waals surface area contributed by atoms with Crippen molar-refractivity contribution >= 4 is 11.9 Å². The molecule has 0 fully saturated rings. The lowest BCUT2D eigenvalue weighted by atomic mass is 10.2. The first-order valence-electron chi connectivity index (χ1n) is 6.80. The van der Waals surface area contributed by atoms with Gasteiger partial charge in [-0.3, -0.25) is 5.43 Å². The van der Waals surface area contributed by atoms with E-state index in [1.807, 2.05) is 0 Å². The lowest BCUT2D eigenvalue weighted by Crippen LogP contribution is -1.98. The highest BCUT2D eigenvalue weighted by Gasteiger charge is 2.05. The third-order valence-corrected chi connectivity index (χ3v) is 2.87. The Morgan fingerprint density at radius 3 is 2.70 bits per heavy atom. The van der Waals surface area contributed by atoms with Gasteiger partial charge in [0.05, 0.1) is 19.0 Å². The predicted octanol–water partition coefficient (Wildman–Crippen LogP) is 3.98. The summed E-state index contributed by atoms with van der Waals surface area (Å²) in [5.41, 5.74) is 3.33. The summed E-state index contributed by atoms with van der Waals surface area (Å²) < 4.78 is 36.9. The van der Waals surface area contributed by atoms with Gasteiger partial charge in [-0.25, -0.2) is 8.78 Å². The summed E-state index contributed by atoms with van der Waals surface area (Å²) in [6.07, 6.45) is 3.12. The molecule has 0 spiro atoms. The number of hydrogen-bond donors (Lipinski definition) is 1. The second-order valence-electron chi connectivity index (χ2n) is 4.50. The largest absolute Gasteiger partial charge is 0.493 e. The summed E-state index contributed by atoms with van der Waals surface area (Å²) in [6.45, 7) is 3.95. The van der Waals surface area contributed by atoms with E-state index in [-0.39, 0.29) is 5.69 Å². The van der Waals surface area contributed by atoms with E-state index < -0.39 is 11.6 Å². The molecular weight excluding hydrogens is 302 g/mol. The number of anilines is 1. The number of nitrogens with zero attached hydrogens (tertiary/aromatic N) is 1. The number of hydrogen-bond acceptors (Lipinski definition) is 4. The molecule has 0 aliphatic heterocycles. The van der Waals surface area contributed by atoms with E-state index in [0.29, 0.717) is 18.1 Å². The van der Waals surface area contributed by atoms with Crippen LogP contribution in [0.2, 0.25) is 0 Å². The first-order valence-corrected chi connectivity index (χ1v) is 6.80. The molecule has 1 N–H and O–H groups in total. The Balaban J connectivity index is 2.08. The van der Waals surface area contributed by atoms with E-state index in [0.717, 1.165) is 17.7 Å². The Bertz CT molecular complexity index is 718. The highest BCUT2D eigenvalue weighted by molar-refractivity contribution is 5.81. The van der Waals surface area contributed by atoms with Crippen LogP contribution < -0.4 is 14.9 Å². The Kier molecular flexibility index (Phi) is 5.68. The van der Waals surface area contributed by atoms with Crippen molar-refractivity contribution in [3.8, 4) is 11.5 Å². The van der Waals surface area contributed by atoms with Crippen LogP contribution in [0, 0.1) is 11.6 Å². The van der Waals surface area contributed by atoms with Crippen molar-refractivity contribution in [1.82, 2.24) is 0 Å². The predicted molar refractivity (Wildman–Crippen MR) is 86.3 cm³/mol. The molecule has 0 aromatic heterocycles. The van der Waals surface area contributed by atoms with Crippen molar-refractivity contribution in [1.29, 1.82) is 0 Å². The molecule has 0 saturated carbocycles. The highest BCUT2D eigenvalue weighted by atomic mass is 19.1. The molecule has 2 aromatic carbocycles. The molecule has 0 aliphatic rings. The fraction of sp³-hybridized carbons (Fsp3) is 0.118. The molecule has 0 unspecified atom stereocenters. The molecule has 0 amide bonds. The number of hydrazone groups is 1. The van der Waals surface area contributed by atoms with Gasteiger partial charge in [-0.2, -0.15) is 5.10 Å². The normalized spacial score (nSPS) is 10.6. The fourth-order valence-corrected chi connectivity index (χ4v) is 1.79. The Labute approximate surface area is 133 Å². The number of ether oxygens (including phenoxy) is 2. The maximum Gasteiger partial charge on any atom is 0.161 e. The van der Waals surface area contributed by atoms with E-state index in [4.69, 9.17) is 9.47 Å². The van der Waals surface area contributed by atoms with Crippen molar-refractivity contribution in [3.05, 3.63) is 66.3 Å². The summed E-state index contributed by atoms with van der Waals surface area (Å²) in [4.78, 5) is 0. The Morgan fingerprint density at radius 2 is 2.00 bits per heavy atom. The standard InChI is InChI=1S/C17H16F2N2O2/c1-3-8-23-16-7-4-12(9-17(16)22-2)11-20-21-15-6-5-13(18)10-14(15)19/h3-7,9-11,21H,1,8H2,2H3/b20-11-. The molecule has 2 aromatic rings. The monoisotopic (exact) mass is 318 g/mol. The molecule has 0 radical (unpaired) electrons. The number of halogens is 2. The van der Waals surface area contributed by atoms with Gasteiger partial charge in [0.2, 0.25) is 0 Å². The smallest absolute Gasteiger partial charge is 0.161 e. The minimum Gasteiger partial charge on any atom is -0.493 e. The second kappa shape index (κ2) is 7.93. The first kappa shape index (κ1) is 16.5. The minimum absolute atomic E-state index is 0.0838. The van der Waals surface area contributed by atoms with Gasteiger partial charge >= 0.3 is 0 Å². The molecular formula is C17H16F2N2O2. The van der Waals surface area contributed by atoms with Gasteiger partial charge < -0.3 is 9.47 Å². The van der Waals surface area contributed by atoms with Crippen molar-refractivity contribution in [2.24, 2.45) is 5.10 Å². The van der Waals surface area contributed by atoms with Crippen LogP contribution in [0.1, 0.15) is 5.56 Å². The van der Waals surface area contributed by atoms with E-state index in [1.54, 1.807) is 24.3 Å². The average molecular weight is 318 g/mol. The highest BCUT2D eigenvalue weighted by Crippen LogP contribution is 2.27. The summed E-state index contributed by atoms with van der Waals surface area (Å²) in [5.74, 6) is -0.226. The van der Waals surface area contributed by atoms with Crippen LogP contribution in [0.4, 0.5) is 14.5 Å². The zero-order valence-corrected chi connectivity index (χ0v) is 12.6. The van der Waals surface area contributed by atoms with Crippen LogP contribution in [0.15, 0.2) is 54.2 Å². The zero-order valence-electron chi connectivity index (χ0n) is 12.6. The average Bonchev–Trinajstić information content (AvgIpc) is 2.55. The fourth-order valence-electron chi connectivity index (χ4n) is 1.79. The Hall–Kier alpha value is -2.89. The number of nitrogens with one attached hydrogen (secondary N) is 1. The van der Waals surface area contributed by atoms with Gasteiger partial charge in [-0.15, -0.1) is 0 Å². The van der Waals surface area contributed by atoms with Gasteiger partial charge in [-0.1, -0.05) is 12.7 Å². The maximum absolute atomic E-state index is 13.4. The van der Waals surface area contributed by atoms with Gasteiger partial charge in [0.15, 0.2) is 17.3 Å². The molecule has 23 heavy (non-hydrogen) atoms. The Morgan fingerprint density at radius 1 is 1.17 bits per heavy atom. The number of benzene rings is 2. The van der Waals surface area contributed by atoms with E-state index in [9.17, 15) is 8.78 Å². The lowest BCUT2D eigenvalue weighted by molar-refractivity contribution is 0.326. The van der Waals surface area contributed by atoms with Gasteiger partial charge in [0.25, 0.3) is 0 Å². The number of methoxy groups -OCH3 is 1. The van der Waals surface area contributed by atoms with Crippen molar-refractivity contribution < 1.29 is 18.3 Å². The van der Waals surface area contributed by atoms with Gasteiger partial charge in [0, 0.05) is 6.07 Å². The molecule has 0 heterocycles. The summed E-state index contributed by atoms with van der Waals surface area (Å²) in [7, 11) is 1.53. The number of rotatable bonds is 7. The van der Waals surface area contributed by atoms with Crippen LogP contribution >= 0.6 is 0 Å². The van der Waals surface area contributed by atoms with Gasteiger partial charge in [-0.05, 0) is 35.9 Å². The second-order valence-corrected chi connectivity index (χ2v) is 4.50. The molecule has 2 rings (SSSR count). The summed E-state index contributed by atoms with van der Waals surface area (Å²) in [6, 6.07) is 8.44. The van der Waals surface area contributed by atoms with Crippen LogP contribution in [-0.4, -0.2) is 19.9 Å². The SMILES string of the molecule is C=CCOc1ccc(/C=N\Nc2ccc(F)cc2F)cc1OC. The first-order chi connectivity index (χ1) is 11.1. The third-order valence-electron chi connectivity index (χ3n) is 2.87. The van der Waals surface area contributed by atoms with Crippen molar-refractivity contribution in [2.45, 2.75) is 0 Å². The lowest BCUT2D eigenvalue weighted by Gasteiger charge is -2.09. The molecule has 120 valence electrons. The van der Waals surface area contributed by atoms with Crippen molar-refractivity contribution in [3.63, 3.8) is 0 Å². The molecule has 6 heteroatoms. The zero-order chi connectivity index (χ0) is 16.7. The molecule has 0 saturated heterocycles. The van der Waals surface area contributed by atoms with Crippen LogP contribution in [0.25, 0.3) is 0 Å². The van der Waals surface area contributed by atoms with E-state index >= 15 is 0 Å². The van der Waals surface area contributed by atoms with Crippen LogP contribution in [-0.2, 0) is 0 Å². The molecule has 0 bridgehead atoms. The van der Waals surface area contributed by atoms with E-state index in [2.05, 4.69) is 17.1 Å². The molecule has 0 aliphatic carbocycles. The van der Waals surface area contributed by atoms with Gasteiger partial charge in [0.1, 0.15) is 12.4 Å². The van der Waals surface area contributed by atoms with Crippen LogP contribution in [0.3, 0.4) is 0 Å². The minimum atomic E-state index is -0.715. The third kappa shape index (κ3) is 4.54. The van der Waals surface area contributed by atoms with Crippen LogP contribution in [0.5, 0.6) is 11.5 Å². The van der Waals surface area contributed by atoms with Crippen molar-refractivity contribution in [2.75, 3.05) is 19.1 Å². The summed E-state index contributed by atoms with van der Waals surface area (Å²) >= 11 is 0. The van der Waals surface area contributed by atoms with E-state index in [1.165, 1.54) is 19.4 Å². The quantitative estimate of drug-likeness (QED) is 0.477. The topological polar surface area (TPSA) is 42.8 Å². The summed E-state index contributed by atoms with van der Waals surface area (Å²) in [5, 5.41) is 3.92. The molecule has 0 atom stereocenters.